The Hall–Kier alpha value is -2.34. The number of aromatic nitrogens is 2. The maximum absolute atomic E-state index is 4.40. The maximum Gasteiger partial charge on any atom is 0.191 e. The van der Waals surface area contributed by atoms with Crippen LogP contribution in [0.3, 0.4) is 0 Å². The monoisotopic (exact) mass is 382 g/mol. The van der Waals surface area contributed by atoms with Gasteiger partial charge in [-0.1, -0.05) is 30.7 Å². The van der Waals surface area contributed by atoms with Gasteiger partial charge in [0.1, 0.15) is 0 Å². The average Bonchev–Trinajstić information content (AvgIpc) is 3.22. The fourth-order valence-corrected chi connectivity index (χ4v) is 3.75. The summed E-state index contributed by atoms with van der Waals surface area (Å²) in [5.41, 5.74) is 2.64. The second-order valence-electron chi connectivity index (χ2n) is 8.19. The number of aliphatic imine (C=N–C) groups is 1. The van der Waals surface area contributed by atoms with Gasteiger partial charge in [0, 0.05) is 44.6 Å². The lowest BCUT2D eigenvalue weighted by molar-refractivity contribution is 0.0982. The maximum atomic E-state index is 4.40. The molecule has 2 aromatic rings. The molecule has 3 rings (SSSR count). The number of rotatable bonds is 7. The molecule has 2 heterocycles. The summed E-state index contributed by atoms with van der Waals surface area (Å²) in [5.74, 6) is 0.852. The van der Waals surface area contributed by atoms with Gasteiger partial charge in [-0.15, -0.1) is 0 Å². The molecule has 0 bridgehead atoms. The van der Waals surface area contributed by atoms with Gasteiger partial charge in [0.15, 0.2) is 5.96 Å². The molecule has 1 aliphatic heterocycles. The van der Waals surface area contributed by atoms with E-state index in [0.717, 1.165) is 25.6 Å². The van der Waals surface area contributed by atoms with Crippen molar-refractivity contribution in [2.75, 3.05) is 26.7 Å². The van der Waals surface area contributed by atoms with Crippen molar-refractivity contribution in [3.05, 3.63) is 54.1 Å². The normalized spacial score (nSPS) is 16.2. The molecule has 6 nitrogen and oxygen atoms in total. The number of guanidine groups is 1. The van der Waals surface area contributed by atoms with Crippen LogP contribution >= 0.6 is 0 Å². The SMILES string of the molecule is CN=C(NCc1cccc(Cn2ccnc2)c1)NCC(C)(C)N1CCCCC1. The van der Waals surface area contributed by atoms with E-state index in [4.69, 9.17) is 0 Å². The van der Waals surface area contributed by atoms with Crippen LogP contribution in [0, 0.1) is 0 Å². The number of nitrogens with one attached hydrogen (secondary N) is 2. The Bertz CT molecular complexity index is 744. The van der Waals surface area contributed by atoms with Crippen molar-refractivity contribution in [2.24, 2.45) is 4.99 Å². The van der Waals surface area contributed by atoms with Crippen molar-refractivity contribution in [2.45, 2.75) is 51.7 Å². The van der Waals surface area contributed by atoms with Crippen molar-refractivity contribution in [1.29, 1.82) is 0 Å². The van der Waals surface area contributed by atoms with Crippen LogP contribution in [-0.4, -0.2) is 52.6 Å². The minimum Gasteiger partial charge on any atom is -0.355 e. The van der Waals surface area contributed by atoms with Crippen molar-refractivity contribution >= 4 is 5.96 Å². The van der Waals surface area contributed by atoms with E-state index in [1.54, 1.807) is 0 Å². The molecule has 6 heteroatoms. The summed E-state index contributed by atoms with van der Waals surface area (Å²) in [6.45, 7) is 9.50. The summed E-state index contributed by atoms with van der Waals surface area (Å²) >= 11 is 0. The molecule has 1 aromatic heterocycles. The van der Waals surface area contributed by atoms with Crippen LogP contribution in [0.1, 0.15) is 44.2 Å². The lowest BCUT2D eigenvalue weighted by Gasteiger charge is -2.41. The third-order valence-corrected chi connectivity index (χ3v) is 5.50. The minimum absolute atomic E-state index is 0.128. The van der Waals surface area contributed by atoms with E-state index < -0.39 is 0 Å². The Balaban J connectivity index is 1.50. The molecule has 0 spiro atoms. The van der Waals surface area contributed by atoms with E-state index in [1.165, 1.54) is 43.5 Å². The highest BCUT2D eigenvalue weighted by molar-refractivity contribution is 5.79. The first-order valence-electron chi connectivity index (χ1n) is 10.3. The van der Waals surface area contributed by atoms with Gasteiger partial charge >= 0.3 is 0 Å². The van der Waals surface area contributed by atoms with E-state index >= 15 is 0 Å². The molecular weight excluding hydrogens is 348 g/mol. The van der Waals surface area contributed by atoms with E-state index in [0.29, 0.717) is 0 Å². The predicted octanol–water partition coefficient (Wildman–Crippen LogP) is 2.86. The first-order chi connectivity index (χ1) is 13.6. The Morgan fingerprint density at radius 1 is 1.14 bits per heavy atom. The molecule has 1 aromatic carbocycles. The molecule has 0 saturated carbocycles. The number of imidazole rings is 1. The van der Waals surface area contributed by atoms with Gasteiger partial charge in [-0.2, -0.15) is 0 Å². The summed E-state index contributed by atoms with van der Waals surface area (Å²) in [6.07, 6.45) is 9.63. The molecule has 0 aliphatic carbocycles. The van der Waals surface area contributed by atoms with E-state index in [-0.39, 0.29) is 5.54 Å². The molecule has 1 aliphatic rings. The van der Waals surface area contributed by atoms with Gasteiger partial charge in [0.05, 0.1) is 6.33 Å². The molecule has 0 radical (unpaired) electrons. The van der Waals surface area contributed by atoms with E-state index in [9.17, 15) is 0 Å². The number of hydrogen-bond donors (Lipinski definition) is 2. The van der Waals surface area contributed by atoms with E-state index in [1.807, 2.05) is 25.8 Å². The quantitative estimate of drug-likeness (QED) is 0.571. The van der Waals surface area contributed by atoms with Crippen LogP contribution in [-0.2, 0) is 13.1 Å². The molecule has 1 fully saturated rings. The lowest BCUT2D eigenvalue weighted by atomic mass is 9.98. The minimum atomic E-state index is 0.128. The summed E-state index contributed by atoms with van der Waals surface area (Å²) in [5, 5.41) is 6.96. The molecule has 0 amide bonds. The zero-order chi connectivity index (χ0) is 19.8. The number of piperidine rings is 1. The third-order valence-electron chi connectivity index (χ3n) is 5.50. The summed E-state index contributed by atoms with van der Waals surface area (Å²) in [6, 6.07) is 8.64. The Kier molecular flexibility index (Phi) is 7.09. The van der Waals surface area contributed by atoms with Gasteiger partial charge < -0.3 is 15.2 Å². The highest BCUT2D eigenvalue weighted by Gasteiger charge is 2.27. The number of hydrogen-bond acceptors (Lipinski definition) is 3. The molecule has 2 N–H and O–H groups in total. The van der Waals surface area contributed by atoms with Crippen molar-refractivity contribution in [3.8, 4) is 0 Å². The molecule has 0 atom stereocenters. The van der Waals surface area contributed by atoms with Gasteiger partial charge in [-0.05, 0) is 50.9 Å². The lowest BCUT2D eigenvalue weighted by Crippen LogP contribution is -2.54. The number of nitrogens with zero attached hydrogens (tertiary/aromatic N) is 4. The van der Waals surface area contributed by atoms with Crippen molar-refractivity contribution < 1.29 is 0 Å². The number of likely N-dealkylation sites (tertiary alicyclic amines) is 1. The fraction of sp³-hybridized carbons (Fsp3) is 0.545. The van der Waals surface area contributed by atoms with Crippen LogP contribution in [0.4, 0.5) is 0 Å². The van der Waals surface area contributed by atoms with Gasteiger partial charge in [-0.25, -0.2) is 4.98 Å². The standard InChI is InChI=1S/C22H34N6/c1-22(2,28-11-5-4-6-12-28)17-26-21(23-3)25-15-19-8-7-9-20(14-19)16-27-13-10-24-18-27/h7-10,13-14,18H,4-6,11-12,15-17H2,1-3H3,(H2,23,25,26). The zero-order valence-electron chi connectivity index (χ0n) is 17.5. The molecular formula is C22H34N6. The van der Waals surface area contributed by atoms with Crippen LogP contribution in [0.15, 0.2) is 48.0 Å². The summed E-state index contributed by atoms with van der Waals surface area (Å²) in [7, 11) is 1.83. The highest BCUT2D eigenvalue weighted by Crippen LogP contribution is 2.19. The first kappa shape index (κ1) is 20.4. The summed E-state index contributed by atoms with van der Waals surface area (Å²) < 4.78 is 2.08. The topological polar surface area (TPSA) is 57.5 Å². The fourth-order valence-electron chi connectivity index (χ4n) is 3.75. The highest BCUT2D eigenvalue weighted by atomic mass is 15.2. The zero-order valence-corrected chi connectivity index (χ0v) is 17.5. The largest absolute Gasteiger partial charge is 0.355 e. The predicted molar refractivity (Wildman–Crippen MR) is 115 cm³/mol. The van der Waals surface area contributed by atoms with Crippen LogP contribution in [0.25, 0.3) is 0 Å². The van der Waals surface area contributed by atoms with Crippen LogP contribution < -0.4 is 10.6 Å². The molecule has 1 saturated heterocycles. The smallest absolute Gasteiger partial charge is 0.191 e. The molecule has 0 unspecified atom stereocenters. The summed E-state index contributed by atoms with van der Waals surface area (Å²) in [4.78, 5) is 11.1. The van der Waals surface area contributed by atoms with Gasteiger partial charge in [0.25, 0.3) is 0 Å². The van der Waals surface area contributed by atoms with Crippen molar-refractivity contribution in [1.82, 2.24) is 25.1 Å². The third kappa shape index (κ3) is 5.83. The van der Waals surface area contributed by atoms with Crippen LogP contribution in [0.2, 0.25) is 0 Å². The second-order valence-corrected chi connectivity index (χ2v) is 8.19. The second kappa shape index (κ2) is 9.73. The van der Waals surface area contributed by atoms with Gasteiger partial charge in [0.2, 0.25) is 0 Å². The number of benzene rings is 1. The average molecular weight is 383 g/mol. The van der Waals surface area contributed by atoms with E-state index in [2.05, 4.69) is 68.2 Å². The molecule has 28 heavy (non-hydrogen) atoms. The Morgan fingerprint density at radius 2 is 1.93 bits per heavy atom. The Morgan fingerprint density at radius 3 is 2.64 bits per heavy atom. The van der Waals surface area contributed by atoms with Crippen LogP contribution in [0.5, 0.6) is 0 Å². The Labute approximate surface area is 169 Å². The van der Waals surface area contributed by atoms with Gasteiger partial charge in [-0.3, -0.25) is 9.89 Å². The molecule has 152 valence electrons. The first-order valence-corrected chi connectivity index (χ1v) is 10.3. The van der Waals surface area contributed by atoms with Crippen molar-refractivity contribution in [3.63, 3.8) is 0 Å².